The summed E-state index contributed by atoms with van der Waals surface area (Å²) in [5.74, 6) is 1.34. The first kappa shape index (κ1) is 9.46. The van der Waals surface area contributed by atoms with Gasteiger partial charge in [0.1, 0.15) is 5.75 Å². The molecular formula is C11H13NOS. The van der Waals surface area contributed by atoms with Gasteiger partial charge in [-0.2, -0.15) is 11.8 Å². The van der Waals surface area contributed by atoms with E-state index in [1.165, 1.54) is 11.2 Å². The molecule has 0 fully saturated rings. The number of nitrogens with zero attached hydrogens (tertiary/aromatic N) is 1. The Balaban J connectivity index is 2.61. The van der Waals surface area contributed by atoms with E-state index in [2.05, 4.69) is 23.9 Å². The molecule has 0 radical (unpaired) electrons. The lowest BCUT2D eigenvalue weighted by Crippen LogP contribution is -1.92. The molecule has 2 nitrogen and oxygen atoms in total. The molecule has 1 N–H and O–H groups in total. The second-order valence-corrected chi connectivity index (χ2v) is 4.24. The third-order valence-corrected chi connectivity index (χ3v) is 3.00. The molecule has 14 heavy (non-hydrogen) atoms. The quantitative estimate of drug-likeness (QED) is 0.819. The van der Waals surface area contributed by atoms with Crippen molar-refractivity contribution in [3.05, 3.63) is 30.0 Å². The summed E-state index contributed by atoms with van der Waals surface area (Å²) in [4.78, 5) is 0. The molecule has 1 aromatic heterocycles. The number of rotatable bonds is 2. The van der Waals surface area contributed by atoms with Crippen molar-refractivity contribution in [2.24, 2.45) is 7.05 Å². The molecule has 0 aliphatic carbocycles. The van der Waals surface area contributed by atoms with Crippen LogP contribution in [0.15, 0.2) is 24.3 Å². The molecule has 2 rings (SSSR count). The summed E-state index contributed by atoms with van der Waals surface area (Å²) >= 11 is 1.80. The van der Waals surface area contributed by atoms with Crippen LogP contribution in [0.3, 0.4) is 0 Å². The summed E-state index contributed by atoms with van der Waals surface area (Å²) in [5.41, 5.74) is 2.46. The lowest BCUT2D eigenvalue weighted by molar-refractivity contribution is 0.476. The van der Waals surface area contributed by atoms with Crippen molar-refractivity contribution in [3.63, 3.8) is 0 Å². The van der Waals surface area contributed by atoms with E-state index in [4.69, 9.17) is 0 Å². The predicted octanol–water partition coefficient (Wildman–Crippen LogP) is 2.75. The maximum absolute atomic E-state index is 9.35. The minimum absolute atomic E-state index is 0.332. The smallest absolute Gasteiger partial charge is 0.116 e. The molecule has 0 bridgehead atoms. The maximum atomic E-state index is 9.35. The minimum atomic E-state index is 0.332. The Morgan fingerprint density at radius 2 is 2.14 bits per heavy atom. The van der Waals surface area contributed by atoms with E-state index >= 15 is 0 Å². The molecule has 0 unspecified atom stereocenters. The molecule has 0 saturated heterocycles. The Morgan fingerprint density at radius 1 is 1.36 bits per heavy atom. The second kappa shape index (κ2) is 3.58. The summed E-state index contributed by atoms with van der Waals surface area (Å²) in [6.45, 7) is 0. The Kier molecular flexibility index (Phi) is 2.42. The van der Waals surface area contributed by atoms with E-state index in [0.717, 1.165) is 11.1 Å². The largest absolute Gasteiger partial charge is 0.508 e. The van der Waals surface area contributed by atoms with Crippen molar-refractivity contribution in [3.8, 4) is 5.75 Å². The SMILES string of the molecule is CSCc1cc2cc(O)ccc2n1C. The van der Waals surface area contributed by atoms with Crippen LogP contribution in [-0.4, -0.2) is 15.9 Å². The zero-order valence-corrected chi connectivity index (χ0v) is 9.14. The van der Waals surface area contributed by atoms with Gasteiger partial charge in [-0.15, -0.1) is 0 Å². The number of phenolic OH excluding ortho intramolecular Hbond substituents is 1. The number of aromatic hydroxyl groups is 1. The fourth-order valence-corrected chi connectivity index (χ4v) is 2.25. The Labute approximate surface area is 87.5 Å². The number of hydrogen-bond acceptors (Lipinski definition) is 2. The molecule has 0 saturated carbocycles. The first-order valence-electron chi connectivity index (χ1n) is 4.48. The molecule has 2 aromatic rings. The molecule has 3 heteroatoms. The third-order valence-electron chi connectivity index (χ3n) is 2.42. The summed E-state index contributed by atoms with van der Waals surface area (Å²) in [5, 5.41) is 10.5. The first-order chi connectivity index (χ1) is 6.72. The van der Waals surface area contributed by atoms with Crippen molar-refractivity contribution < 1.29 is 5.11 Å². The van der Waals surface area contributed by atoms with Crippen LogP contribution >= 0.6 is 11.8 Å². The van der Waals surface area contributed by atoms with Crippen LogP contribution in [0.4, 0.5) is 0 Å². The highest BCUT2D eigenvalue weighted by molar-refractivity contribution is 7.97. The Bertz CT molecular complexity index is 462. The van der Waals surface area contributed by atoms with Crippen LogP contribution in [0.2, 0.25) is 0 Å². The number of phenols is 1. The zero-order valence-electron chi connectivity index (χ0n) is 8.32. The van der Waals surface area contributed by atoms with Crippen LogP contribution in [-0.2, 0) is 12.8 Å². The fraction of sp³-hybridized carbons (Fsp3) is 0.273. The second-order valence-electron chi connectivity index (χ2n) is 3.37. The number of fused-ring (bicyclic) bond motifs is 1. The Morgan fingerprint density at radius 3 is 2.86 bits per heavy atom. The number of aromatic nitrogens is 1. The van der Waals surface area contributed by atoms with E-state index in [1.807, 2.05) is 6.07 Å². The van der Waals surface area contributed by atoms with Gasteiger partial charge in [-0.1, -0.05) is 0 Å². The highest BCUT2D eigenvalue weighted by atomic mass is 32.2. The van der Waals surface area contributed by atoms with Crippen LogP contribution < -0.4 is 0 Å². The maximum Gasteiger partial charge on any atom is 0.116 e. The fourth-order valence-electron chi connectivity index (χ4n) is 1.68. The van der Waals surface area contributed by atoms with Gasteiger partial charge in [-0.3, -0.25) is 0 Å². The van der Waals surface area contributed by atoms with Gasteiger partial charge in [0.15, 0.2) is 0 Å². The minimum Gasteiger partial charge on any atom is -0.508 e. The molecule has 1 heterocycles. The molecule has 0 aliphatic rings. The topological polar surface area (TPSA) is 25.2 Å². The zero-order chi connectivity index (χ0) is 10.1. The van der Waals surface area contributed by atoms with Gasteiger partial charge in [0, 0.05) is 29.4 Å². The molecule has 74 valence electrons. The van der Waals surface area contributed by atoms with Crippen molar-refractivity contribution in [2.45, 2.75) is 5.75 Å². The average Bonchev–Trinajstić information content (AvgIpc) is 2.44. The van der Waals surface area contributed by atoms with Crippen molar-refractivity contribution >= 4 is 22.7 Å². The van der Waals surface area contributed by atoms with E-state index in [9.17, 15) is 5.11 Å². The van der Waals surface area contributed by atoms with Crippen LogP contribution in [0.5, 0.6) is 5.75 Å². The van der Waals surface area contributed by atoms with Gasteiger partial charge < -0.3 is 9.67 Å². The summed E-state index contributed by atoms with van der Waals surface area (Å²) in [6.07, 6.45) is 2.09. The molecule has 1 aromatic carbocycles. The van der Waals surface area contributed by atoms with Gasteiger partial charge in [0.2, 0.25) is 0 Å². The van der Waals surface area contributed by atoms with E-state index in [1.54, 1.807) is 23.9 Å². The molecular weight excluding hydrogens is 194 g/mol. The van der Waals surface area contributed by atoms with Crippen LogP contribution in [0, 0.1) is 0 Å². The number of benzene rings is 1. The molecule has 0 atom stereocenters. The van der Waals surface area contributed by atoms with Gasteiger partial charge in [-0.25, -0.2) is 0 Å². The lowest BCUT2D eigenvalue weighted by Gasteiger charge is -2.01. The highest BCUT2D eigenvalue weighted by Gasteiger charge is 2.05. The number of thioether (sulfide) groups is 1. The average molecular weight is 207 g/mol. The number of hydrogen-bond donors (Lipinski definition) is 1. The third kappa shape index (κ3) is 1.48. The van der Waals surface area contributed by atoms with Crippen molar-refractivity contribution in [1.82, 2.24) is 4.57 Å². The van der Waals surface area contributed by atoms with E-state index in [0.29, 0.717) is 5.75 Å². The molecule has 0 aliphatic heterocycles. The van der Waals surface area contributed by atoms with Crippen LogP contribution in [0.25, 0.3) is 10.9 Å². The summed E-state index contributed by atoms with van der Waals surface area (Å²) in [6, 6.07) is 7.62. The first-order valence-corrected chi connectivity index (χ1v) is 5.88. The van der Waals surface area contributed by atoms with Gasteiger partial charge in [0.05, 0.1) is 0 Å². The predicted molar refractivity (Wildman–Crippen MR) is 61.8 cm³/mol. The standard InChI is InChI=1S/C11H13NOS/c1-12-9(7-14-2)5-8-6-10(13)3-4-11(8)12/h3-6,13H,7H2,1-2H3. The Hall–Kier alpha value is -1.09. The summed E-state index contributed by atoms with van der Waals surface area (Å²) < 4.78 is 2.17. The van der Waals surface area contributed by atoms with Gasteiger partial charge in [-0.05, 0) is 30.5 Å². The highest BCUT2D eigenvalue weighted by Crippen LogP contribution is 2.24. The van der Waals surface area contributed by atoms with Crippen molar-refractivity contribution in [2.75, 3.05) is 6.26 Å². The van der Waals surface area contributed by atoms with Crippen LogP contribution in [0.1, 0.15) is 5.69 Å². The lowest BCUT2D eigenvalue weighted by atomic mass is 10.2. The number of aryl methyl sites for hydroxylation is 1. The monoisotopic (exact) mass is 207 g/mol. The van der Waals surface area contributed by atoms with E-state index < -0.39 is 0 Å². The summed E-state index contributed by atoms with van der Waals surface area (Å²) in [7, 11) is 2.06. The molecule has 0 amide bonds. The normalized spacial score (nSPS) is 11.0. The molecule has 0 spiro atoms. The van der Waals surface area contributed by atoms with Crippen molar-refractivity contribution in [1.29, 1.82) is 0 Å². The van der Waals surface area contributed by atoms with E-state index in [-0.39, 0.29) is 0 Å². The van der Waals surface area contributed by atoms with Gasteiger partial charge in [0.25, 0.3) is 0 Å². The van der Waals surface area contributed by atoms with Gasteiger partial charge >= 0.3 is 0 Å².